The largest absolute Gasteiger partial charge is 0.286 e. The van der Waals surface area contributed by atoms with Gasteiger partial charge >= 0.3 is 0 Å². The number of hydrazine groups is 1. The van der Waals surface area contributed by atoms with Gasteiger partial charge in [0, 0.05) is 11.9 Å². The fourth-order valence-electron chi connectivity index (χ4n) is 6.64. The van der Waals surface area contributed by atoms with Crippen LogP contribution >= 0.6 is 0 Å². The number of unbranched alkanes of at least 4 members (excludes halogenated alkanes) is 1. The van der Waals surface area contributed by atoms with Crippen LogP contribution in [-0.2, 0) is 5.41 Å². The standard InChI is InChI=1S/C24H31N3O/c1-2-3-8-25-27-23(28)22-12-20(19-6-4-5-7-21(19)26-22)24-13-16-9-17(14-24)11-18(10-16)15-24/h4-7,12,16-18,25H,2-3,8-11,13-15H2,1H3,(H,27,28). The second kappa shape index (κ2) is 7.14. The first-order valence-electron chi connectivity index (χ1n) is 11.1. The van der Waals surface area contributed by atoms with E-state index < -0.39 is 0 Å². The topological polar surface area (TPSA) is 54.0 Å². The Kier molecular flexibility index (Phi) is 4.62. The molecule has 4 bridgehead atoms. The molecular weight excluding hydrogens is 346 g/mol. The van der Waals surface area contributed by atoms with Crippen LogP contribution in [0.25, 0.3) is 10.9 Å². The van der Waals surface area contributed by atoms with Gasteiger partial charge in [-0.3, -0.25) is 10.2 Å². The first kappa shape index (κ1) is 18.1. The van der Waals surface area contributed by atoms with Crippen LogP contribution in [0, 0.1) is 17.8 Å². The Balaban J connectivity index is 1.52. The Morgan fingerprint density at radius 3 is 2.46 bits per heavy atom. The van der Waals surface area contributed by atoms with Gasteiger partial charge in [-0.2, -0.15) is 0 Å². The molecule has 0 saturated heterocycles. The van der Waals surface area contributed by atoms with Gasteiger partial charge in [-0.15, -0.1) is 0 Å². The highest BCUT2D eigenvalue weighted by Crippen LogP contribution is 2.61. The lowest BCUT2D eigenvalue weighted by Crippen LogP contribution is -2.48. The summed E-state index contributed by atoms with van der Waals surface area (Å²) in [4.78, 5) is 17.5. The zero-order valence-corrected chi connectivity index (χ0v) is 16.8. The number of aromatic nitrogens is 1. The molecule has 1 amide bonds. The fraction of sp³-hybridized carbons (Fsp3) is 0.583. The van der Waals surface area contributed by atoms with Gasteiger partial charge in [0.1, 0.15) is 5.69 Å². The number of para-hydroxylation sites is 1. The molecule has 4 heteroatoms. The third-order valence-corrected chi connectivity index (χ3v) is 7.42. The predicted molar refractivity (Wildman–Crippen MR) is 112 cm³/mol. The van der Waals surface area contributed by atoms with Crippen LogP contribution in [0.1, 0.15) is 74.3 Å². The maximum absolute atomic E-state index is 12.8. The van der Waals surface area contributed by atoms with Crippen molar-refractivity contribution in [1.82, 2.24) is 15.8 Å². The van der Waals surface area contributed by atoms with Crippen molar-refractivity contribution in [1.29, 1.82) is 0 Å². The zero-order valence-electron chi connectivity index (χ0n) is 16.8. The molecule has 0 aliphatic heterocycles. The van der Waals surface area contributed by atoms with E-state index in [9.17, 15) is 4.79 Å². The number of pyridine rings is 1. The van der Waals surface area contributed by atoms with Crippen molar-refractivity contribution in [3.8, 4) is 0 Å². The first-order chi connectivity index (χ1) is 13.7. The third-order valence-electron chi connectivity index (χ3n) is 7.42. The van der Waals surface area contributed by atoms with Crippen molar-refractivity contribution < 1.29 is 4.79 Å². The molecule has 4 aliphatic carbocycles. The molecule has 1 aromatic carbocycles. The van der Waals surface area contributed by atoms with Crippen LogP contribution in [0.3, 0.4) is 0 Å². The second-order valence-corrected chi connectivity index (χ2v) is 9.50. The van der Waals surface area contributed by atoms with Gasteiger partial charge in [0.15, 0.2) is 0 Å². The van der Waals surface area contributed by atoms with Gasteiger partial charge in [-0.05, 0) is 85.8 Å². The molecule has 0 spiro atoms. The monoisotopic (exact) mass is 377 g/mol. The number of nitrogens with zero attached hydrogens (tertiary/aromatic N) is 1. The molecule has 4 aliphatic rings. The van der Waals surface area contributed by atoms with E-state index in [0.29, 0.717) is 5.69 Å². The summed E-state index contributed by atoms with van der Waals surface area (Å²) in [5.74, 6) is 2.52. The maximum Gasteiger partial charge on any atom is 0.283 e. The number of hydrogen-bond donors (Lipinski definition) is 2. The number of nitrogens with one attached hydrogen (secondary N) is 2. The van der Waals surface area contributed by atoms with Crippen LogP contribution in [0.2, 0.25) is 0 Å². The zero-order chi connectivity index (χ0) is 19.1. The van der Waals surface area contributed by atoms with Crippen LogP contribution in [0.15, 0.2) is 30.3 Å². The fourth-order valence-corrected chi connectivity index (χ4v) is 6.64. The number of amides is 1. The van der Waals surface area contributed by atoms with E-state index >= 15 is 0 Å². The van der Waals surface area contributed by atoms with E-state index in [0.717, 1.165) is 42.7 Å². The average molecular weight is 378 g/mol. The number of rotatable bonds is 6. The molecule has 2 aromatic rings. The van der Waals surface area contributed by atoms with Gasteiger partial charge in [0.2, 0.25) is 0 Å². The van der Waals surface area contributed by atoms with Gasteiger partial charge in [-0.1, -0.05) is 31.5 Å². The van der Waals surface area contributed by atoms with Crippen LogP contribution < -0.4 is 10.9 Å². The second-order valence-electron chi connectivity index (χ2n) is 9.50. The maximum atomic E-state index is 12.8. The highest BCUT2D eigenvalue weighted by Gasteiger charge is 2.52. The van der Waals surface area contributed by atoms with Crippen molar-refractivity contribution in [2.24, 2.45) is 17.8 Å². The van der Waals surface area contributed by atoms with E-state index in [1.807, 2.05) is 6.07 Å². The summed E-state index contributed by atoms with van der Waals surface area (Å²) in [6.07, 6.45) is 10.3. The first-order valence-corrected chi connectivity index (χ1v) is 11.1. The quantitative estimate of drug-likeness (QED) is 0.565. The molecule has 148 valence electrons. The Morgan fingerprint density at radius 1 is 1.11 bits per heavy atom. The molecule has 2 N–H and O–H groups in total. The van der Waals surface area contributed by atoms with E-state index in [2.05, 4.69) is 42.0 Å². The Morgan fingerprint density at radius 2 is 1.79 bits per heavy atom. The predicted octanol–water partition coefficient (Wildman–Crippen LogP) is 4.74. The molecule has 0 atom stereocenters. The lowest BCUT2D eigenvalue weighted by molar-refractivity contribution is -0.00454. The summed E-state index contributed by atoms with van der Waals surface area (Å²) in [5, 5.41) is 1.25. The molecule has 0 unspecified atom stereocenters. The lowest BCUT2D eigenvalue weighted by atomic mass is 9.48. The van der Waals surface area contributed by atoms with Crippen molar-refractivity contribution in [3.05, 3.63) is 41.6 Å². The summed E-state index contributed by atoms with van der Waals surface area (Å²) in [6.45, 7) is 2.93. The molecule has 28 heavy (non-hydrogen) atoms. The molecule has 4 nitrogen and oxygen atoms in total. The van der Waals surface area contributed by atoms with Crippen LogP contribution in [0.5, 0.6) is 0 Å². The minimum Gasteiger partial charge on any atom is -0.286 e. The molecule has 6 rings (SSSR count). The number of hydrogen-bond acceptors (Lipinski definition) is 3. The minimum absolute atomic E-state index is 0.118. The Hall–Kier alpha value is -1.94. The van der Waals surface area contributed by atoms with E-state index in [1.165, 1.54) is 49.5 Å². The minimum atomic E-state index is -0.118. The summed E-state index contributed by atoms with van der Waals surface area (Å²) < 4.78 is 0. The highest BCUT2D eigenvalue weighted by atomic mass is 16.2. The highest BCUT2D eigenvalue weighted by molar-refractivity contribution is 5.96. The van der Waals surface area contributed by atoms with Crippen molar-refractivity contribution in [2.45, 2.75) is 63.7 Å². The molecule has 1 heterocycles. The number of fused-ring (bicyclic) bond motifs is 1. The molecule has 0 radical (unpaired) electrons. The SMILES string of the molecule is CCCCNNC(=O)c1cc(C23CC4CC(CC(C4)C2)C3)c2ccccc2n1. The Labute approximate surface area is 167 Å². The molecular formula is C24H31N3O. The number of carbonyl (C=O) groups is 1. The molecule has 4 fully saturated rings. The summed E-state index contributed by atoms with van der Waals surface area (Å²) in [5.41, 5.74) is 9.04. The Bertz CT molecular complexity index is 855. The lowest BCUT2D eigenvalue weighted by Gasteiger charge is -2.57. The summed E-state index contributed by atoms with van der Waals surface area (Å²) >= 11 is 0. The van der Waals surface area contributed by atoms with Gasteiger partial charge in [-0.25, -0.2) is 10.4 Å². The summed E-state index contributed by atoms with van der Waals surface area (Å²) in [6, 6.07) is 10.5. The normalized spacial score (nSPS) is 30.7. The smallest absolute Gasteiger partial charge is 0.283 e. The molecule has 4 saturated carbocycles. The van der Waals surface area contributed by atoms with Gasteiger partial charge in [0.05, 0.1) is 5.52 Å². The van der Waals surface area contributed by atoms with Crippen LogP contribution in [-0.4, -0.2) is 17.4 Å². The summed E-state index contributed by atoms with van der Waals surface area (Å²) in [7, 11) is 0. The van der Waals surface area contributed by atoms with Gasteiger partial charge < -0.3 is 0 Å². The molecule has 1 aromatic heterocycles. The van der Waals surface area contributed by atoms with Gasteiger partial charge in [0.25, 0.3) is 5.91 Å². The number of benzene rings is 1. The van der Waals surface area contributed by atoms with Crippen LogP contribution in [0.4, 0.5) is 0 Å². The third kappa shape index (κ3) is 3.12. The van der Waals surface area contributed by atoms with E-state index in [4.69, 9.17) is 4.98 Å². The van der Waals surface area contributed by atoms with E-state index in [-0.39, 0.29) is 11.3 Å². The average Bonchev–Trinajstić information content (AvgIpc) is 2.69. The van der Waals surface area contributed by atoms with Crippen molar-refractivity contribution in [3.63, 3.8) is 0 Å². The van der Waals surface area contributed by atoms with E-state index in [1.54, 1.807) is 0 Å². The van der Waals surface area contributed by atoms with Crippen molar-refractivity contribution >= 4 is 16.8 Å². The number of carbonyl (C=O) groups excluding carboxylic acids is 1. The van der Waals surface area contributed by atoms with Crippen molar-refractivity contribution in [2.75, 3.05) is 6.54 Å².